The monoisotopic (exact) mass is 482 g/mol. The van der Waals surface area contributed by atoms with Gasteiger partial charge in [0.15, 0.2) is 12.6 Å². The average molecular weight is 483 g/mol. The lowest BCUT2D eigenvalue weighted by Gasteiger charge is -2.45. The van der Waals surface area contributed by atoms with Crippen molar-refractivity contribution in [2.45, 2.75) is 120 Å². The highest BCUT2D eigenvalue weighted by Gasteiger charge is 2.50. The number of hydrogen-bond acceptors (Lipinski definition) is 11. The molecule has 2 saturated heterocycles. The maximum absolute atomic E-state index is 10.6. The van der Waals surface area contributed by atoms with Crippen LogP contribution in [0, 0.1) is 0 Å². The first-order valence-corrected chi connectivity index (χ1v) is 12.1. The van der Waals surface area contributed by atoms with Gasteiger partial charge in [-0.15, -0.1) is 0 Å². The molecule has 33 heavy (non-hydrogen) atoms. The van der Waals surface area contributed by atoms with Gasteiger partial charge in [-0.05, 0) is 6.42 Å². The summed E-state index contributed by atoms with van der Waals surface area (Å²) < 4.78 is 22.0. The SMILES string of the molecule is CCCCCCCCCCO[C@@H]1OC(CO)[C@@H](O[C@H]2OC(CO)[C@@H](O)[C@@H](O)C2O)[C@@H](O)C1O. The van der Waals surface area contributed by atoms with E-state index in [1.165, 1.54) is 32.1 Å². The lowest BCUT2D eigenvalue weighted by atomic mass is 9.97. The van der Waals surface area contributed by atoms with Crippen LogP contribution in [0.4, 0.5) is 0 Å². The summed E-state index contributed by atoms with van der Waals surface area (Å²) in [5.74, 6) is 0. The highest BCUT2D eigenvalue weighted by molar-refractivity contribution is 4.94. The van der Waals surface area contributed by atoms with E-state index in [0.717, 1.165) is 19.3 Å². The van der Waals surface area contributed by atoms with E-state index in [0.29, 0.717) is 6.61 Å². The molecule has 11 nitrogen and oxygen atoms in total. The standard InChI is InChI=1S/C22H42O11/c1-2-3-4-5-6-7-8-9-10-30-21-19(29)17(27)20(14(12-24)32-21)33-22-18(28)16(26)15(25)13(11-23)31-22/h13-29H,2-12H2,1H3/t13?,14?,15-,16-,17+,18?,19?,20-,21-,22-/m1/s1. The van der Waals surface area contributed by atoms with E-state index in [4.69, 9.17) is 18.9 Å². The molecule has 2 rings (SSSR count). The van der Waals surface area contributed by atoms with Gasteiger partial charge in [0.25, 0.3) is 0 Å². The Morgan fingerprint density at radius 2 is 1.15 bits per heavy atom. The Kier molecular flexibility index (Phi) is 13.0. The van der Waals surface area contributed by atoms with E-state index in [9.17, 15) is 35.7 Å². The quantitative estimate of drug-likeness (QED) is 0.147. The Labute approximate surface area is 194 Å². The Bertz CT molecular complexity index is 521. The van der Waals surface area contributed by atoms with E-state index in [2.05, 4.69) is 6.92 Å². The van der Waals surface area contributed by atoms with Crippen LogP contribution in [0.15, 0.2) is 0 Å². The molecule has 0 bridgehead atoms. The van der Waals surface area contributed by atoms with Crippen molar-refractivity contribution >= 4 is 0 Å². The minimum Gasteiger partial charge on any atom is -0.394 e. The first-order valence-electron chi connectivity index (χ1n) is 12.1. The van der Waals surface area contributed by atoms with Crippen molar-refractivity contribution in [1.82, 2.24) is 0 Å². The van der Waals surface area contributed by atoms with Crippen LogP contribution in [0.3, 0.4) is 0 Å². The van der Waals surface area contributed by atoms with Crippen molar-refractivity contribution < 1.29 is 54.7 Å². The number of unbranched alkanes of at least 4 members (excludes halogenated alkanes) is 7. The van der Waals surface area contributed by atoms with Gasteiger partial charge in [0.1, 0.15) is 48.8 Å². The summed E-state index contributed by atoms with van der Waals surface area (Å²) in [6, 6.07) is 0. The van der Waals surface area contributed by atoms with Crippen molar-refractivity contribution in [1.29, 1.82) is 0 Å². The first-order chi connectivity index (χ1) is 15.8. The van der Waals surface area contributed by atoms with E-state index >= 15 is 0 Å². The van der Waals surface area contributed by atoms with Gasteiger partial charge in [-0.25, -0.2) is 0 Å². The summed E-state index contributed by atoms with van der Waals surface area (Å²) in [5, 5.41) is 69.9. The number of ether oxygens (including phenoxy) is 4. The van der Waals surface area contributed by atoms with Gasteiger partial charge in [-0.2, -0.15) is 0 Å². The van der Waals surface area contributed by atoms with E-state index in [1.54, 1.807) is 0 Å². The molecule has 0 aliphatic carbocycles. The normalized spacial score (nSPS) is 39.6. The third-order valence-electron chi connectivity index (χ3n) is 6.24. The zero-order chi connectivity index (χ0) is 24.4. The minimum absolute atomic E-state index is 0.319. The largest absolute Gasteiger partial charge is 0.394 e. The molecule has 0 amide bonds. The van der Waals surface area contributed by atoms with Gasteiger partial charge in [0.2, 0.25) is 0 Å². The van der Waals surface area contributed by atoms with Crippen LogP contribution >= 0.6 is 0 Å². The fourth-order valence-electron chi connectivity index (χ4n) is 4.13. The van der Waals surface area contributed by atoms with Gasteiger partial charge in [-0.3, -0.25) is 0 Å². The molecule has 2 heterocycles. The van der Waals surface area contributed by atoms with Crippen LogP contribution in [0.2, 0.25) is 0 Å². The maximum Gasteiger partial charge on any atom is 0.187 e. The van der Waals surface area contributed by atoms with E-state index in [1.807, 2.05) is 0 Å². The zero-order valence-corrected chi connectivity index (χ0v) is 19.3. The number of aliphatic hydroxyl groups excluding tert-OH is 7. The molecule has 0 spiro atoms. The second kappa shape index (κ2) is 14.8. The van der Waals surface area contributed by atoms with E-state index < -0.39 is 74.6 Å². The Hall–Kier alpha value is -0.440. The molecule has 7 N–H and O–H groups in total. The molecule has 4 unspecified atom stereocenters. The van der Waals surface area contributed by atoms with E-state index in [-0.39, 0.29) is 0 Å². The summed E-state index contributed by atoms with van der Waals surface area (Å²) in [5.41, 5.74) is 0. The van der Waals surface area contributed by atoms with Crippen molar-refractivity contribution in [3.63, 3.8) is 0 Å². The zero-order valence-electron chi connectivity index (χ0n) is 19.3. The molecule has 0 aromatic rings. The maximum atomic E-state index is 10.6. The molecule has 196 valence electrons. The van der Waals surface area contributed by atoms with Crippen molar-refractivity contribution in [2.75, 3.05) is 19.8 Å². The Balaban J connectivity index is 1.82. The fraction of sp³-hybridized carbons (Fsp3) is 1.00. The molecular formula is C22H42O11. The highest BCUT2D eigenvalue weighted by Crippen LogP contribution is 2.29. The molecule has 2 aliphatic heterocycles. The van der Waals surface area contributed by atoms with Crippen LogP contribution < -0.4 is 0 Å². The molecule has 2 fully saturated rings. The lowest BCUT2D eigenvalue weighted by molar-refractivity contribution is -0.359. The third kappa shape index (κ3) is 8.04. The molecular weight excluding hydrogens is 440 g/mol. The molecule has 10 atom stereocenters. The smallest absolute Gasteiger partial charge is 0.187 e. The molecule has 0 saturated carbocycles. The van der Waals surface area contributed by atoms with Crippen LogP contribution in [0.1, 0.15) is 58.3 Å². The first kappa shape index (κ1) is 28.8. The van der Waals surface area contributed by atoms with Gasteiger partial charge in [-0.1, -0.05) is 51.9 Å². The molecule has 11 heteroatoms. The summed E-state index contributed by atoms with van der Waals surface area (Å²) in [6.45, 7) is 1.28. The van der Waals surface area contributed by atoms with Gasteiger partial charge in [0, 0.05) is 6.61 Å². The number of aliphatic hydroxyl groups is 7. The third-order valence-corrected chi connectivity index (χ3v) is 6.24. The highest BCUT2D eigenvalue weighted by atomic mass is 16.7. The molecule has 0 radical (unpaired) electrons. The Morgan fingerprint density at radius 3 is 1.76 bits per heavy atom. The number of rotatable bonds is 14. The summed E-state index contributed by atoms with van der Waals surface area (Å²) >= 11 is 0. The van der Waals surface area contributed by atoms with Crippen LogP contribution in [-0.4, -0.2) is 117 Å². The number of hydrogen-bond donors (Lipinski definition) is 7. The Morgan fingerprint density at radius 1 is 0.606 bits per heavy atom. The van der Waals surface area contributed by atoms with Gasteiger partial charge >= 0.3 is 0 Å². The van der Waals surface area contributed by atoms with Crippen molar-refractivity contribution in [3.05, 3.63) is 0 Å². The second-order valence-corrected chi connectivity index (χ2v) is 8.85. The minimum atomic E-state index is -1.69. The lowest BCUT2D eigenvalue weighted by Crippen LogP contribution is -2.64. The van der Waals surface area contributed by atoms with Gasteiger partial charge < -0.3 is 54.7 Å². The average Bonchev–Trinajstić information content (AvgIpc) is 2.82. The molecule has 0 aromatic heterocycles. The summed E-state index contributed by atoms with van der Waals surface area (Å²) in [7, 11) is 0. The predicted octanol–water partition coefficient (Wildman–Crippen LogP) is -1.23. The summed E-state index contributed by atoms with van der Waals surface area (Å²) in [4.78, 5) is 0. The second-order valence-electron chi connectivity index (χ2n) is 8.85. The topological polar surface area (TPSA) is 179 Å². The fourth-order valence-corrected chi connectivity index (χ4v) is 4.13. The summed E-state index contributed by atoms with van der Waals surface area (Å²) in [6.07, 6.45) is -5.35. The van der Waals surface area contributed by atoms with Crippen LogP contribution in [-0.2, 0) is 18.9 Å². The van der Waals surface area contributed by atoms with Crippen LogP contribution in [0.5, 0.6) is 0 Å². The van der Waals surface area contributed by atoms with Crippen molar-refractivity contribution in [2.24, 2.45) is 0 Å². The molecule has 0 aromatic carbocycles. The van der Waals surface area contributed by atoms with Crippen molar-refractivity contribution in [3.8, 4) is 0 Å². The molecule has 2 aliphatic rings. The van der Waals surface area contributed by atoms with Crippen LogP contribution in [0.25, 0.3) is 0 Å². The van der Waals surface area contributed by atoms with Gasteiger partial charge in [0.05, 0.1) is 13.2 Å². The predicted molar refractivity (Wildman–Crippen MR) is 115 cm³/mol.